The monoisotopic (exact) mass is 211 g/mol. The predicted molar refractivity (Wildman–Crippen MR) is 57.6 cm³/mol. The van der Waals surface area contributed by atoms with E-state index in [0.717, 1.165) is 25.7 Å². The van der Waals surface area contributed by atoms with Crippen LogP contribution in [-0.2, 0) is 4.74 Å². The summed E-state index contributed by atoms with van der Waals surface area (Å²) in [4.78, 5) is 2.61. The molecule has 1 saturated carbocycles. The third-order valence-corrected chi connectivity index (χ3v) is 4.36. The van der Waals surface area contributed by atoms with Crippen LogP contribution in [0.25, 0.3) is 0 Å². The maximum Gasteiger partial charge on any atom is 0.0622 e. The van der Waals surface area contributed by atoms with Gasteiger partial charge in [0.1, 0.15) is 0 Å². The number of aliphatic hydroxyl groups excluding tert-OH is 1. The number of hydrogen-bond acceptors (Lipinski definition) is 3. The van der Waals surface area contributed by atoms with E-state index in [4.69, 9.17) is 4.74 Å². The topological polar surface area (TPSA) is 32.7 Å². The van der Waals surface area contributed by atoms with E-state index in [-0.39, 0.29) is 0 Å². The SMILES string of the molecule is OCC(CN1C2CCC1COC2)C1CC1. The number of fused-ring (bicyclic) bond motifs is 2. The Bertz CT molecular complexity index is 214. The highest BCUT2D eigenvalue weighted by Crippen LogP contribution is 2.39. The van der Waals surface area contributed by atoms with E-state index < -0.39 is 0 Å². The van der Waals surface area contributed by atoms with Crippen molar-refractivity contribution in [2.75, 3.05) is 26.4 Å². The Kier molecular flexibility index (Phi) is 2.71. The van der Waals surface area contributed by atoms with Crippen molar-refractivity contribution in [3.05, 3.63) is 0 Å². The summed E-state index contributed by atoms with van der Waals surface area (Å²) in [7, 11) is 0. The Hall–Kier alpha value is -0.120. The molecule has 3 heteroatoms. The maximum atomic E-state index is 9.40. The van der Waals surface area contributed by atoms with E-state index in [1.54, 1.807) is 0 Å². The largest absolute Gasteiger partial charge is 0.396 e. The van der Waals surface area contributed by atoms with Crippen LogP contribution >= 0.6 is 0 Å². The van der Waals surface area contributed by atoms with Gasteiger partial charge in [-0.05, 0) is 37.5 Å². The summed E-state index contributed by atoms with van der Waals surface area (Å²) in [6.45, 7) is 3.32. The summed E-state index contributed by atoms with van der Waals surface area (Å²) in [6, 6.07) is 1.30. The van der Waals surface area contributed by atoms with Crippen LogP contribution in [0.4, 0.5) is 0 Å². The van der Waals surface area contributed by atoms with Gasteiger partial charge >= 0.3 is 0 Å². The first kappa shape index (κ1) is 10.1. The summed E-state index contributed by atoms with van der Waals surface area (Å²) in [5.41, 5.74) is 0. The molecule has 1 aliphatic carbocycles. The van der Waals surface area contributed by atoms with Crippen LogP contribution in [0, 0.1) is 11.8 Å². The number of morpholine rings is 1. The van der Waals surface area contributed by atoms with Gasteiger partial charge in [-0.1, -0.05) is 0 Å². The van der Waals surface area contributed by atoms with Gasteiger partial charge in [-0.15, -0.1) is 0 Å². The molecule has 3 unspecified atom stereocenters. The van der Waals surface area contributed by atoms with Gasteiger partial charge in [0.15, 0.2) is 0 Å². The highest BCUT2D eigenvalue weighted by atomic mass is 16.5. The van der Waals surface area contributed by atoms with Crippen molar-refractivity contribution in [2.24, 2.45) is 11.8 Å². The summed E-state index contributed by atoms with van der Waals surface area (Å²) in [5, 5.41) is 9.40. The van der Waals surface area contributed by atoms with Crippen molar-refractivity contribution < 1.29 is 9.84 Å². The van der Waals surface area contributed by atoms with Crippen molar-refractivity contribution in [1.29, 1.82) is 0 Å². The zero-order valence-electron chi connectivity index (χ0n) is 9.27. The van der Waals surface area contributed by atoms with Gasteiger partial charge in [-0.2, -0.15) is 0 Å². The minimum Gasteiger partial charge on any atom is -0.396 e. The molecule has 2 aliphatic heterocycles. The first-order valence-electron chi connectivity index (χ1n) is 6.33. The lowest BCUT2D eigenvalue weighted by Gasteiger charge is -2.36. The average Bonchev–Trinajstić information content (AvgIpc) is 3.05. The van der Waals surface area contributed by atoms with E-state index in [1.165, 1.54) is 25.7 Å². The molecule has 0 aromatic carbocycles. The molecule has 15 heavy (non-hydrogen) atoms. The molecule has 3 atom stereocenters. The standard InChI is InChI=1S/C12H21NO2/c14-6-10(9-1-2-9)5-13-11-3-4-12(13)8-15-7-11/h9-12,14H,1-8H2. The zero-order chi connectivity index (χ0) is 10.3. The maximum absolute atomic E-state index is 9.40. The molecule has 2 bridgehead atoms. The number of ether oxygens (including phenoxy) is 1. The fourth-order valence-electron chi connectivity index (χ4n) is 3.21. The Morgan fingerprint density at radius 3 is 2.33 bits per heavy atom. The molecule has 3 rings (SSSR count). The van der Waals surface area contributed by atoms with Gasteiger partial charge in [-0.3, -0.25) is 4.90 Å². The molecule has 0 spiro atoms. The molecule has 2 saturated heterocycles. The zero-order valence-corrected chi connectivity index (χ0v) is 9.27. The average molecular weight is 211 g/mol. The second kappa shape index (κ2) is 4.04. The normalized spacial score (nSPS) is 38.2. The van der Waals surface area contributed by atoms with Crippen LogP contribution in [0.2, 0.25) is 0 Å². The van der Waals surface area contributed by atoms with Crippen molar-refractivity contribution in [3.8, 4) is 0 Å². The number of nitrogens with zero attached hydrogens (tertiary/aromatic N) is 1. The van der Waals surface area contributed by atoms with Crippen LogP contribution in [0.5, 0.6) is 0 Å². The lowest BCUT2D eigenvalue weighted by Crippen LogP contribution is -2.48. The Balaban J connectivity index is 1.61. The molecule has 0 aromatic rings. The van der Waals surface area contributed by atoms with Gasteiger partial charge in [-0.25, -0.2) is 0 Å². The minimum atomic E-state index is 0.376. The fraction of sp³-hybridized carbons (Fsp3) is 1.00. The Morgan fingerprint density at radius 2 is 1.80 bits per heavy atom. The van der Waals surface area contributed by atoms with Crippen molar-refractivity contribution in [2.45, 2.75) is 37.8 Å². The summed E-state index contributed by atoms with van der Waals surface area (Å²) < 4.78 is 5.57. The van der Waals surface area contributed by atoms with Gasteiger partial charge in [0.05, 0.1) is 13.2 Å². The highest BCUT2D eigenvalue weighted by Gasteiger charge is 2.40. The molecule has 86 valence electrons. The van der Waals surface area contributed by atoms with Gasteiger partial charge in [0.25, 0.3) is 0 Å². The van der Waals surface area contributed by atoms with E-state index in [2.05, 4.69) is 4.90 Å². The predicted octanol–water partition coefficient (Wildman–Crippen LogP) is 0.868. The Labute approximate surface area is 91.4 Å². The van der Waals surface area contributed by atoms with E-state index >= 15 is 0 Å². The molecule has 1 N–H and O–H groups in total. The third kappa shape index (κ3) is 1.93. The number of aliphatic hydroxyl groups is 1. The minimum absolute atomic E-state index is 0.376. The second-order valence-corrected chi connectivity index (χ2v) is 5.40. The summed E-state index contributed by atoms with van der Waals surface area (Å²) in [6.07, 6.45) is 5.27. The number of hydrogen-bond donors (Lipinski definition) is 1. The fourth-order valence-corrected chi connectivity index (χ4v) is 3.21. The molecule has 2 heterocycles. The van der Waals surface area contributed by atoms with Gasteiger partial charge < -0.3 is 9.84 Å². The van der Waals surface area contributed by atoms with Crippen LogP contribution in [-0.4, -0.2) is 48.5 Å². The van der Waals surface area contributed by atoms with Crippen LogP contribution in [0.15, 0.2) is 0 Å². The van der Waals surface area contributed by atoms with Crippen molar-refractivity contribution in [3.63, 3.8) is 0 Å². The molecule has 0 radical (unpaired) electrons. The molecule has 0 amide bonds. The molecule has 3 nitrogen and oxygen atoms in total. The van der Waals surface area contributed by atoms with E-state index in [0.29, 0.717) is 24.6 Å². The quantitative estimate of drug-likeness (QED) is 0.749. The lowest BCUT2D eigenvalue weighted by atomic mass is 10.0. The van der Waals surface area contributed by atoms with Gasteiger partial charge in [0, 0.05) is 25.2 Å². The first-order chi connectivity index (χ1) is 7.38. The molecule has 3 aliphatic rings. The molecular weight excluding hydrogens is 190 g/mol. The molecule has 0 aromatic heterocycles. The van der Waals surface area contributed by atoms with Crippen LogP contribution in [0.1, 0.15) is 25.7 Å². The van der Waals surface area contributed by atoms with Crippen LogP contribution in [0.3, 0.4) is 0 Å². The first-order valence-corrected chi connectivity index (χ1v) is 6.33. The lowest BCUT2D eigenvalue weighted by molar-refractivity contribution is -0.0267. The van der Waals surface area contributed by atoms with Crippen molar-refractivity contribution >= 4 is 0 Å². The molecule has 3 fully saturated rings. The smallest absolute Gasteiger partial charge is 0.0622 e. The second-order valence-electron chi connectivity index (χ2n) is 5.40. The Morgan fingerprint density at radius 1 is 1.13 bits per heavy atom. The van der Waals surface area contributed by atoms with Crippen molar-refractivity contribution in [1.82, 2.24) is 4.90 Å². The number of rotatable bonds is 4. The van der Waals surface area contributed by atoms with E-state index in [9.17, 15) is 5.11 Å². The summed E-state index contributed by atoms with van der Waals surface area (Å²) >= 11 is 0. The van der Waals surface area contributed by atoms with Gasteiger partial charge in [0.2, 0.25) is 0 Å². The third-order valence-electron chi connectivity index (χ3n) is 4.36. The molecular formula is C12H21NO2. The van der Waals surface area contributed by atoms with E-state index in [1.807, 2.05) is 0 Å². The highest BCUT2D eigenvalue weighted by molar-refractivity contribution is 4.93. The summed E-state index contributed by atoms with van der Waals surface area (Å²) in [5.74, 6) is 1.35. The van der Waals surface area contributed by atoms with Crippen LogP contribution < -0.4 is 0 Å².